The van der Waals surface area contributed by atoms with Gasteiger partial charge >= 0.3 is 0 Å². The Morgan fingerprint density at radius 1 is 1.25 bits per heavy atom. The molecule has 0 unspecified atom stereocenters. The Bertz CT molecular complexity index is 700. The molecular weight excluding hydrogens is 324 g/mol. The molecule has 1 amide bonds. The van der Waals surface area contributed by atoms with Gasteiger partial charge in [-0.2, -0.15) is 0 Å². The highest BCUT2D eigenvalue weighted by atomic mass is 32.2. The fraction of sp³-hybridized carbons (Fsp3) is 0.412. The van der Waals surface area contributed by atoms with E-state index in [1.165, 1.54) is 43.0 Å². The van der Waals surface area contributed by atoms with Crippen molar-refractivity contribution < 1.29 is 9.21 Å². The number of nitrogens with one attached hydrogen (secondary N) is 1. The minimum absolute atomic E-state index is 0.0138. The molecule has 0 fully saturated rings. The monoisotopic (exact) mass is 344 g/mol. The number of rotatable bonds is 7. The molecule has 126 valence electrons. The van der Waals surface area contributed by atoms with Gasteiger partial charge in [0.05, 0.1) is 5.75 Å². The molecule has 2 aromatic rings. The lowest BCUT2D eigenvalue weighted by Gasteiger charge is -2.12. The smallest absolute Gasteiger partial charge is 0.277 e. The molecule has 3 rings (SSSR count). The topological polar surface area (TPSA) is 80.9 Å². The third-order valence-corrected chi connectivity index (χ3v) is 4.63. The van der Waals surface area contributed by atoms with E-state index in [0.29, 0.717) is 17.7 Å². The van der Waals surface area contributed by atoms with Crippen molar-refractivity contribution in [1.29, 1.82) is 0 Å². The van der Waals surface area contributed by atoms with Crippen LogP contribution in [-0.4, -0.2) is 33.4 Å². The summed E-state index contributed by atoms with van der Waals surface area (Å²) >= 11 is 1.25. The Morgan fingerprint density at radius 2 is 2.12 bits per heavy atom. The predicted octanol–water partition coefficient (Wildman–Crippen LogP) is 3.23. The van der Waals surface area contributed by atoms with E-state index in [1.807, 2.05) is 0 Å². The van der Waals surface area contributed by atoms with Crippen LogP contribution in [0, 0.1) is 0 Å². The van der Waals surface area contributed by atoms with Crippen LogP contribution >= 0.6 is 11.8 Å². The lowest BCUT2D eigenvalue weighted by molar-refractivity contribution is -0.118. The highest BCUT2D eigenvalue weighted by Crippen LogP contribution is 2.22. The van der Waals surface area contributed by atoms with Crippen LogP contribution in [0.15, 0.2) is 45.8 Å². The van der Waals surface area contributed by atoms with Crippen molar-refractivity contribution in [2.45, 2.75) is 37.3 Å². The maximum atomic E-state index is 11.9. The predicted molar refractivity (Wildman–Crippen MR) is 92.4 cm³/mol. The normalized spacial score (nSPS) is 14.2. The summed E-state index contributed by atoms with van der Waals surface area (Å²) < 4.78 is 5.54. The third kappa shape index (κ3) is 4.92. The van der Waals surface area contributed by atoms with Crippen LogP contribution in [0.25, 0.3) is 11.5 Å². The molecule has 2 heterocycles. The van der Waals surface area contributed by atoms with E-state index in [4.69, 9.17) is 4.42 Å². The van der Waals surface area contributed by atoms with E-state index >= 15 is 0 Å². The number of amides is 1. The summed E-state index contributed by atoms with van der Waals surface area (Å²) in [5.74, 6) is 0.696. The van der Waals surface area contributed by atoms with E-state index in [0.717, 1.165) is 12.0 Å². The molecule has 0 atom stereocenters. The SMILES string of the molecule is O=C(CSc1nnc(-c2ccncc2)o1)NCCC1=CCCCC1. The molecule has 0 spiro atoms. The number of carbonyl (C=O) groups excluding carboxylic acids is 1. The molecule has 1 aliphatic rings. The van der Waals surface area contributed by atoms with Crippen LogP contribution in [0.3, 0.4) is 0 Å². The fourth-order valence-electron chi connectivity index (χ4n) is 2.55. The van der Waals surface area contributed by atoms with Gasteiger partial charge in [-0.3, -0.25) is 9.78 Å². The lowest BCUT2D eigenvalue weighted by atomic mass is 9.97. The highest BCUT2D eigenvalue weighted by Gasteiger charge is 2.11. The summed E-state index contributed by atoms with van der Waals surface area (Å²) in [4.78, 5) is 15.8. The first-order valence-corrected chi connectivity index (χ1v) is 9.11. The Hall–Kier alpha value is -2.15. The van der Waals surface area contributed by atoms with E-state index < -0.39 is 0 Å². The number of hydrogen-bond donors (Lipinski definition) is 1. The number of thioether (sulfide) groups is 1. The molecule has 7 heteroatoms. The van der Waals surface area contributed by atoms with Gasteiger partial charge < -0.3 is 9.73 Å². The number of pyridine rings is 1. The number of hydrogen-bond acceptors (Lipinski definition) is 6. The van der Waals surface area contributed by atoms with Crippen LogP contribution < -0.4 is 5.32 Å². The zero-order chi connectivity index (χ0) is 16.6. The second-order valence-electron chi connectivity index (χ2n) is 5.61. The van der Waals surface area contributed by atoms with Crippen molar-refractivity contribution in [3.8, 4) is 11.5 Å². The molecule has 0 bridgehead atoms. The van der Waals surface area contributed by atoms with Crippen LogP contribution in [0.1, 0.15) is 32.1 Å². The Balaban J connectivity index is 1.40. The van der Waals surface area contributed by atoms with Crippen LogP contribution in [0.2, 0.25) is 0 Å². The zero-order valence-electron chi connectivity index (χ0n) is 13.4. The summed E-state index contributed by atoms with van der Waals surface area (Å²) in [6.07, 6.45) is 11.5. The molecule has 1 N–H and O–H groups in total. The first kappa shape index (κ1) is 16.7. The van der Waals surface area contributed by atoms with Crippen LogP contribution in [0.5, 0.6) is 0 Å². The maximum absolute atomic E-state index is 11.9. The molecule has 1 aliphatic carbocycles. The van der Waals surface area contributed by atoms with Gasteiger partial charge in [0.15, 0.2) is 0 Å². The number of aromatic nitrogens is 3. The minimum atomic E-state index is -0.0138. The Morgan fingerprint density at radius 3 is 2.92 bits per heavy atom. The largest absolute Gasteiger partial charge is 0.411 e. The summed E-state index contributed by atoms with van der Waals surface area (Å²) in [7, 11) is 0. The fourth-order valence-corrected chi connectivity index (χ4v) is 3.14. The summed E-state index contributed by atoms with van der Waals surface area (Å²) in [6, 6.07) is 3.60. The van der Waals surface area contributed by atoms with Gasteiger partial charge in [-0.15, -0.1) is 10.2 Å². The summed E-state index contributed by atoms with van der Waals surface area (Å²) in [6.45, 7) is 0.692. The number of nitrogens with zero attached hydrogens (tertiary/aromatic N) is 3. The first-order chi connectivity index (χ1) is 11.8. The second-order valence-corrected chi connectivity index (χ2v) is 6.53. The molecule has 0 aliphatic heterocycles. The van der Waals surface area contributed by atoms with E-state index in [9.17, 15) is 4.79 Å². The van der Waals surface area contributed by atoms with E-state index in [-0.39, 0.29) is 11.7 Å². The van der Waals surface area contributed by atoms with Gasteiger partial charge in [0.25, 0.3) is 5.22 Å². The lowest BCUT2D eigenvalue weighted by Crippen LogP contribution is -2.26. The van der Waals surface area contributed by atoms with Gasteiger partial charge in [0, 0.05) is 24.5 Å². The van der Waals surface area contributed by atoms with Crippen molar-refractivity contribution in [3.05, 3.63) is 36.2 Å². The van der Waals surface area contributed by atoms with E-state index in [2.05, 4.69) is 26.6 Å². The van der Waals surface area contributed by atoms with Gasteiger partial charge in [-0.1, -0.05) is 23.4 Å². The van der Waals surface area contributed by atoms with Crippen LogP contribution in [-0.2, 0) is 4.79 Å². The summed E-state index contributed by atoms with van der Waals surface area (Å²) in [5.41, 5.74) is 2.28. The van der Waals surface area contributed by atoms with Crippen molar-refractivity contribution in [1.82, 2.24) is 20.5 Å². The van der Waals surface area contributed by atoms with Crippen molar-refractivity contribution in [2.75, 3.05) is 12.3 Å². The second kappa shape index (κ2) is 8.63. The highest BCUT2D eigenvalue weighted by molar-refractivity contribution is 7.99. The van der Waals surface area contributed by atoms with Gasteiger partial charge in [-0.05, 0) is 44.2 Å². The molecule has 6 nitrogen and oxygen atoms in total. The molecular formula is C17H20N4O2S. The zero-order valence-corrected chi connectivity index (χ0v) is 14.2. The average molecular weight is 344 g/mol. The van der Waals surface area contributed by atoms with Gasteiger partial charge in [0.2, 0.25) is 11.8 Å². The van der Waals surface area contributed by atoms with Crippen molar-refractivity contribution in [2.24, 2.45) is 0 Å². The standard InChI is InChI=1S/C17H20N4O2S/c22-15(19-11-6-13-4-2-1-3-5-13)12-24-17-21-20-16(23-17)14-7-9-18-10-8-14/h4,7-10H,1-3,5-6,11-12H2,(H,19,22). The minimum Gasteiger partial charge on any atom is -0.411 e. The quantitative estimate of drug-likeness (QED) is 0.613. The van der Waals surface area contributed by atoms with Crippen LogP contribution in [0.4, 0.5) is 0 Å². The Kier molecular flexibility index (Phi) is 6.01. The Labute approximate surface area is 145 Å². The molecule has 0 radical (unpaired) electrons. The first-order valence-electron chi connectivity index (χ1n) is 8.12. The molecule has 24 heavy (non-hydrogen) atoms. The molecule has 0 saturated heterocycles. The maximum Gasteiger partial charge on any atom is 0.277 e. The molecule has 0 saturated carbocycles. The molecule has 2 aromatic heterocycles. The number of allylic oxidation sites excluding steroid dienone is 1. The number of carbonyl (C=O) groups is 1. The van der Waals surface area contributed by atoms with Crippen molar-refractivity contribution in [3.63, 3.8) is 0 Å². The average Bonchev–Trinajstić information content (AvgIpc) is 3.11. The third-order valence-electron chi connectivity index (χ3n) is 3.81. The van der Waals surface area contributed by atoms with Gasteiger partial charge in [0.1, 0.15) is 0 Å². The van der Waals surface area contributed by atoms with E-state index in [1.54, 1.807) is 24.5 Å². The molecule has 0 aromatic carbocycles. The van der Waals surface area contributed by atoms with Crippen molar-refractivity contribution >= 4 is 17.7 Å². The summed E-state index contributed by atoms with van der Waals surface area (Å²) in [5, 5.41) is 11.3. The van der Waals surface area contributed by atoms with Gasteiger partial charge in [-0.25, -0.2) is 0 Å².